The third-order valence-electron chi connectivity index (χ3n) is 4.25. The first-order chi connectivity index (χ1) is 13.9. The summed E-state index contributed by atoms with van der Waals surface area (Å²) in [5.41, 5.74) is 2.81. The fourth-order valence-corrected chi connectivity index (χ4v) is 3.54. The van der Waals surface area contributed by atoms with Gasteiger partial charge in [0.1, 0.15) is 15.4 Å². The standard InChI is InChI=1S/C18H18N6O4S/c1-29(26,27)9-3-8-20-18(25)15-12-6-5-11(10-14(12)28-24-15)21-17-16-13(22-23-17)4-2-7-19-16/h2,4-7,10H,3,8-9H2,1H3,(H,20,25)(H2,21,22,23). The van der Waals surface area contributed by atoms with Crippen molar-refractivity contribution in [3.05, 3.63) is 42.2 Å². The van der Waals surface area contributed by atoms with Crippen LogP contribution >= 0.6 is 0 Å². The van der Waals surface area contributed by atoms with Gasteiger partial charge in [0.15, 0.2) is 17.1 Å². The van der Waals surface area contributed by atoms with Gasteiger partial charge in [0.2, 0.25) is 0 Å². The molecule has 0 aliphatic carbocycles. The molecule has 4 rings (SSSR count). The van der Waals surface area contributed by atoms with E-state index >= 15 is 0 Å². The largest absolute Gasteiger partial charge is 0.355 e. The number of sulfone groups is 1. The maximum Gasteiger partial charge on any atom is 0.274 e. The van der Waals surface area contributed by atoms with Crippen LogP contribution in [0.5, 0.6) is 0 Å². The Labute approximate surface area is 165 Å². The fraction of sp³-hybridized carbons (Fsp3) is 0.222. The number of anilines is 2. The number of hydrogen-bond acceptors (Lipinski definition) is 8. The first-order valence-electron chi connectivity index (χ1n) is 8.82. The topological polar surface area (TPSA) is 143 Å². The molecule has 10 nitrogen and oxygen atoms in total. The van der Waals surface area contributed by atoms with Crippen molar-refractivity contribution in [2.24, 2.45) is 0 Å². The van der Waals surface area contributed by atoms with Gasteiger partial charge in [-0.05, 0) is 30.7 Å². The third kappa shape index (κ3) is 4.19. The summed E-state index contributed by atoms with van der Waals surface area (Å²) in [5.74, 6) is 0.169. The lowest BCUT2D eigenvalue weighted by molar-refractivity contribution is 0.0946. The van der Waals surface area contributed by atoms with Crippen LogP contribution in [0.4, 0.5) is 11.5 Å². The predicted molar refractivity (Wildman–Crippen MR) is 108 cm³/mol. The molecule has 0 bridgehead atoms. The van der Waals surface area contributed by atoms with Gasteiger partial charge in [0, 0.05) is 30.8 Å². The molecule has 0 aliphatic rings. The van der Waals surface area contributed by atoms with Crippen molar-refractivity contribution in [3.63, 3.8) is 0 Å². The molecule has 4 aromatic rings. The summed E-state index contributed by atoms with van der Waals surface area (Å²) in [5, 5.41) is 17.3. The zero-order chi connectivity index (χ0) is 20.4. The molecule has 0 saturated carbocycles. The monoisotopic (exact) mass is 414 g/mol. The van der Waals surface area contributed by atoms with Crippen molar-refractivity contribution < 1.29 is 17.7 Å². The fourth-order valence-electron chi connectivity index (χ4n) is 2.88. The summed E-state index contributed by atoms with van der Waals surface area (Å²) in [4.78, 5) is 16.6. The highest BCUT2D eigenvalue weighted by atomic mass is 32.2. The molecule has 3 heterocycles. The number of aromatic nitrogens is 4. The minimum atomic E-state index is -3.05. The SMILES string of the molecule is CS(=O)(=O)CCCNC(=O)c1noc2cc(Nc3n[nH]c4cccnc34)ccc12. The molecule has 1 aromatic carbocycles. The van der Waals surface area contributed by atoms with Gasteiger partial charge >= 0.3 is 0 Å². The van der Waals surface area contributed by atoms with E-state index in [1.165, 1.54) is 0 Å². The van der Waals surface area contributed by atoms with Crippen molar-refractivity contribution in [1.82, 2.24) is 25.7 Å². The van der Waals surface area contributed by atoms with Crippen LogP contribution in [0.3, 0.4) is 0 Å². The summed E-state index contributed by atoms with van der Waals surface area (Å²) < 4.78 is 27.6. The van der Waals surface area contributed by atoms with E-state index in [4.69, 9.17) is 4.52 Å². The second kappa shape index (κ2) is 7.51. The smallest absolute Gasteiger partial charge is 0.274 e. The van der Waals surface area contributed by atoms with Crippen molar-refractivity contribution in [1.29, 1.82) is 0 Å². The lowest BCUT2D eigenvalue weighted by Gasteiger charge is -2.04. The van der Waals surface area contributed by atoms with Gasteiger partial charge in [0.05, 0.1) is 16.7 Å². The molecule has 0 radical (unpaired) electrons. The summed E-state index contributed by atoms with van der Waals surface area (Å²) in [6, 6.07) is 8.91. The highest BCUT2D eigenvalue weighted by molar-refractivity contribution is 7.90. The molecule has 0 atom stereocenters. The molecule has 0 saturated heterocycles. The van der Waals surface area contributed by atoms with Crippen LogP contribution in [0.15, 0.2) is 41.1 Å². The number of nitrogens with one attached hydrogen (secondary N) is 3. The predicted octanol–water partition coefficient (Wildman–Crippen LogP) is 2.01. The molecule has 1 amide bonds. The Balaban J connectivity index is 1.48. The molecule has 0 aliphatic heterocycles. The van der Waals surface area contributed by atoms with Gasteiger partial charge in [-0.15, -0.1) is 0 Å². The number of pyridine rings is 1. The number of hydrogen-bond donors (Lipinski definition) is 3. The van der Waals surface area contributed by atoms with Gasteiger partial charge in [-0.25, -0.2) is 8.42 Å². The number of amides is 1. The lowest BCUT2D eigenvalue weighted by atomic mass is 10.2. The van der Waals surface area contributed by atoms with Crippen LogP contribution < -0.4 is 10.6 Å². The van der Waals surface area contributed by atoms with E-state index in [0.29, 0.717) is 34.4 Å². The Morgan fingerprint density at radius 3 is 2.97 bits per heavy atom. The van der Waals surface area contributed by atoms with E-state index in [-0.39, 0.29) is 18.0 Å². The van der Waals surface area contributed by atoms with E-state index in [9.17, 15) is 13.2 Å². The number of benzene rings is 1. The number of rotatable bonds is 7. The zero-order valence-corrected chi connectivity index (χ0v) is 16.3. The van der Waals surface area contributed by atoms with E-state index < -0.39 is 15.7 Å². The number of H-pyrrole nitrogens is 1. The minimum Gasteiger partial charge on any atom is -0.355 e. The van der Waals surface area contributed by atoms with Crippen molar-refractivity contribution >= 4 is 49.3 Å². The molecule has 0 unspecified atom stereocenters. The van der Waals surface area contributed by atoms with Gasteiger partial charge in [-0.3, -0.25) is 14.9 Å². The van der Waals surface area contributed by atoms with E-state index in [1.54, 1.807) is 24.4 Å². The van der Waals surface area contributed by atoms with Crippen molar-refractivity contribution in [3.8, 4) is 0 Å². The second-order valence-corrected chi connectivity index (χ2v) is 8.84. The quantitative estimate of drug-likeness (QED) is 0.390. The summed E-state index contributed by atoms with van der Waals surface area (Å²) in [7, 11) is -3.05. The lowest BCUT2D eigenvalue weighted by Crippen LogP contribution is -2.26. The van der Waals surface area contributed by atoms with Crippen LogP contribution in [0.25, 0.3) is 22.0 Å². The number of fused-ring (bicyclic) bond motifs is 2. The highest BCUT2D eigenvalue weighted by Crippen LogP contribution is 2.26. The molecule has 3 aromatic heterocycles. The van der Waals surface area contributed by atoms with E-state index in [1.807, 2.05) is 12.1 Å². The molecule has 150 valence electrons. The normalized spacial score (nSPS) is 11.8. The number of carbonyl (C=O) groups is 1. The zero-order valence-electron chi connectivity index (χ0n) is 15.5. The molecule has 11 heteroatoms. The average Bonchev–Trinajstić information content (AvgIpc) is 3.29. The van der Waals surface area contributed by atoms with Crippen molar-refractivity contribution in [2.45, 2.75) is 6.42 Å². The van der Waals surface area contributed by atoms with Gasteiger partial charge in [-0.2, -0.15) is 5.10 Å². The number of nitrogens with zero attached hydrogens (tertiary/aromatic N) is 3. The molecule has 0 spiro atoms. The Morgan fingerprint density at radius 1 is 1.28 bits per heavy atom. The Morgan fingerprint density at radius 2 is 2.14 bits per heavy atom. The first-order valence-corrected chi connectivity index (χ1v) is 10.9. The van der Waals surface area contributed by atoms with Crippen LogP contribution in [-0.4, -0.2) is 53.2 Å². The average molecular weight is 414 g/mol. The van der Waals surface area contributed by atoms with E-state index in [2.05, 4.69) is 31.0 Å². The molecular formula is C18H18N6O4S. The van der Waals surface area contributed by atoms with Crippen LogP contribution in [0.2, 0.25) is 0 Å². The molecule has 29 heavy (non-hydrogen) atoms. The second-order valence-electron chi connectivity index (χ2n) is 6.58. The van der Waals surface area contributed by atoms with E-state index in [0.717, 1.165) is 11.8 Å². The highest BCUT2D eigenvalue weighted by Gasteiger charge is 2.17. The summed E-state index contributed by atoms with van der Waals surface area (Å²) >= 11 is 0. The van der Waals surface area contributed by atoms with Crippen LogP contribution in [-0.2, 0) is 9.84 Å². The third-order valence-corrected chi connectivity index (χ3v) is 5.28. The van der Waals surface area contributed by atoms with Crippen molar-refractivity contribution in [2.75, 3.05) is 23.9 Å². The Bertz CT molecular complexity index is 1290. The molecule has 3 N–H and O–H groups in total. The maximum absolute atomic E-state index is 12.3. The molecular weight excluding hydrogens is 396 g/mol. The maximum atomic E-state index is 12.3. The minimum absolute atomic E-state index is 0.0125. The summed E-state index contributed by atoms with van der Waals surface area (Å²) in [6.07, 6.45) is 3.18. The first kappa shape index (κ1) is 18.9. The van der Waals surface area contributed by atoms with Crippen LogP contribution in [0.1, 0.15) is 16.9 Å². The number of aromatic amines is 1. The van der Waals surface area contributed by atoms with Gasteiger partial charge in [-0.1, -0.05) is 5.16 Å². The van der Waals surface area contributed by atoms with Gasteiger partial charge < -0.3 is 15.2 Å². The van der Waals surface area contributed by atoms with Gasteiger partial charge in [0.25, 0.3) is 5.91 Å². The van der Waals surface area contributed by atoms with Crippen LogP contribution in [0, 0.1) is 0 Å². The Kier molecular flexibility index (Phi) is 4.89. The number of carbonyl (C=O) groups excluding carboxylic acids is 1. The molecule has 0 fully saturated rings. The summed E-state index contributed by atoms with van der Waals surface area (Å²) in [6.45, 7) is 0.235. The Hall–Kier alpha value is -3.47.